The van der Waals surface area contributed by atoms with E-state index in [-0.39, 0.29) is 27.0 Å². The number of rotatable bonds is 3. The van der Waals surface area contributed by atoms with Crippen LogP contribution in [0, 0.1) is 12.7 Å². The van der Waals surface area contributed by atoms with Crippen molar-refractivity contribution in [2.45, 2.75) is 13.1 Å². The molecule has 3 rings (SSSR count). The third kappa shape index (κ3) is 4.57. The average molecular weight is 474 g/mol. The molecule has 0 saturated carbocycles. The molecule has 0 unspecified atom stereocenters. The van der Waals surface area contributed by atoms with Crippen molar-refractivity contribution in [1.82, 2.24) is 9.55 Å². The van der Waals surface area contributed by atoms with Gasteiger partial charge < -0.3 is 4.90 Å². The molecule has 0 N–H and O–H groups in total. The Labute approximate surface area is 183 Å². The van der Waals surface area contributed by atoms with Gasteiger partial charge in [0, 0.05) is 24.0 Å². The van der Waals surface area contributed by atoms with Crippen LogP contribution in [-0.2, 0) is 6.18 Å². The summed E-state index contributed by atoms with van der Waals surface area (Å²) in [7, 11) is 1.43. The molecule has 0 spiro atoms. The van der Waals surface area contributed by atoms with E-state index in [2.05, 4.69) is 4.98 Å². The van der Waals surface area contributed by atoms with E-state index in [1.54, 1.807) is 0 Å². The highest BCUT2D eigenvalue weighted by Gasteiger charge is 2.34. The molecule has 0 bridgehead atoms. The molecule has 1 amide bonds. The average Bonchev–Trinajstić information content (AvgIpc) is 2.69. The molecule has 5 nitrogen and oxygen atoms in total. The van der Waals surface area contributed by atoms with Crippen molar-refractivity contribution in [3.05, 3.63) is 85.8 Å². The monoisotopic (exact) mass is 473 g/mol. The lowest BCUT2D eigenvalue weighted by Crippen LogP contribution is -2.29. The Hall–Kier alpha value is -2.91. The van der Waals surface area contributed by atoms with Crippen molar-refractivity contribution in [1.29, 1.82) is 0 Å². The number of amides is 1. The summed E-state index contributed by atoms with van der Waals surface area (Å²) in [5.41, 5.74) is -2.23. The number of aryl methyl sites for hydroxylation is 1. The molecule has 11 heteroatoms. The molecule has 0 aliphatic heterocycles. The van der Waals surface area contributed by atoms with Gasteiger partial charge in [-0.2, -0.15) is 18.2 Å². The van der Waals surface area contributed by atoms with Crippen molar-refractivity contribution in [2.75, 3.05) is 11.9 Å². The van der Waals surface area contributed by atoms with Gasteiger partial charge in [0.05, 0.1) is 15.7 Å². The van der Waals surface area contributed by atoms with Gasteiger partial charge in [0.15, 0.2) is 5.69 Å². The van der Waals surface area contributed by atoms with Crippen molar-refractivity contribution < 1.29 is 22.4 Å². The van der Waals surface area contributed by atoms with E-state index in [9.17, 15) is 27.2 Å². The molecule has 1 heterocycles. The number of carbonyl (C=O) groups excluding carboxylic acids is 1. The van der Waals surface area contributed by atoms with Crippen LogP contribution >= 0.6 is 23.2 Å². The second-order valence-electron chi connectivity index (χ2n) is 6.53. The Kier molecular flexibility index (Phi) is 6.11. The first-order chi connectivity index (χ1) is 14.4. The zero-order chi connectivity index (χ0) is 23.1. The fourth-order valence-electron chi connectivity index (χ4n) is 2.86. The number of aromatic nitrogens is 2. The Morgan fingerprint density at radius 3 is 2.32 bits per heavy atom. The number of nitrogens with zero attached hydrogens (tertiary/aromatic N) is 3. The summed E-state index contributed by atoms with van der Waals surface area (Å²) >= 11 is 11.9. The minimum atomic E-state index is -4.79. The van der Waals surface area contributed by atoms with E-state index in [1.165, 1.54) is 49.2 Å². The smallest absolute Gasteiger partial charge is 0.311 e. The number of benzene rings is 2. The molecule has 0 fully saturated rings. The maximum Gasteiger partial charge on any atom is 0.433 e. The largest absolute Gasteiger partial charge is 0.433 e. The van der Waals surface area contributed by atoms with Crippen molar-refractivity contribution in [2.24, 2.45) is 0 Å². The van der Waals surface area contributed by atoms with E-state index in [0.717, 1.165) is 10.6 Å². The lowest BCUT2D eigenvalue weighted by Gasteiger charge is -2.19. The summed E-state index contributed by atoms with van der Waals surface area (Å²) in [4.78, 5) is 29.5. The molecule has 0 aliphatic carbocycles. The topological polar surface area (TPSA) is 55.2 Å². The number of hydrogen-bond acceptors (Lipinski definition) is 3. The van der Waals surface area contributed by atoms with E-state index in [0.29, 0.717) is 11.8 Å². The van der Waals surface area contributed by atoms with E-state index >= 15 is 0 Å². The van der Waals surface area contributed by atoms with Gasteiger partial charge in [-0.1, -0.05) is 23.2 Å². The van der Waals surface area contributed by atoms with Crippen molar-refractivity contribution >= 4 is 34.8 Å². The van der Waals surface area contributed by atoms with E-state index < -0.39 is 29.3 Å². The molecule has 0 radical (unpaired) electrons. The molecule has 0 atom stereocenters. The number of carbonyl (C=O) groups is 1. The van der Waals surface area contributed by atoms with Gasteiger partial charge >= 0.3 is 11.9 Å². The summed E-state index contributed by atoms with van der Waals surface area (Å²) in [5, 5.41) is -0.150. The summed E-state index contributed by atoms with van der Waals surface area (Å²) in [6.07, 6.45) is -4.79. The van der Waals surface area contributed by atoms with Gasteiger partial charge in [-0.15, -0.1) is 0 Å². The summed E-state index contributed by atoms with van der Waals surface area (Å²) in [5.74, 6) is -1.20. The standard InChI is InChI=1S/C20H13Cl2F4N3O2/c1-10-7-17(20(24,25)26)27-19(31)29(10)16-8-11(3-5-13(16)21)18(30)28(2)12-4-6-15(23)14(22)9-12/h3-9H,1-2H3. The highest BCUT2D eigenvalue weighted by atomic mass is 35.5. The predicted molar refractivity (Wildman–Crippen MR) is 109 cm³/mol. The second-order valence-corrected chi connectivity index (χ2v) is 7.34. The zero-order valence-corrected chi connectivity index (χ0v) is 17.5. The predicted octanol–water partition coefficient (Wildman–Crippen LogP) is 5.28. The van der Waals surface area contributed by atoms with Crippen LogP contribution in [0.3, 0.4) is 0 Å². The van der Waals surface area contributed by atoms with Crippen molar-refractivity contribution in [3.63, 3.8) is 0 Å². The molecule has 0 aliphatic rings. The van der Waals surface area contributed by atoms with Crippen LogP contribution in [-0.4, -0.2) is 22.5 Å². The van der Waals surface area contributed by atoms with Crippen molar-refractivity contribution in [3.8, 4) is 5.69 Å². The van der Waals surface area contributed by atoms with Crippen LogP contribution < -0.4 is 10.6 Å². The van der Waals surface area contributed by atoms with Crippen LogP contribution in [0.25, 0.3) is 5.69 Å². The highest BCUT2D eigenvalue weighted by Crippen LogP contribution is 2.29. The summed E-state index contributed by atoms with van der Waals surface area (Å²) in [6.45, 7) is 1.29. The molecule has 3 aromatic rings. The van der Waals surface area contributed by atoms with E-state index in [4.69, 9.17) is 23.2 Å². The van der Waals surface area contributed by atoms with Gasteiger partial charge in [-0.3, -0.25) is 9.36 Å². The van der Waals surface area contributed by atoms with Gasteiger partial charge in [0.1, 0.15) is 5.82 Å². The van der Waals surface area contributed by atoms with Crippen LogP contribution in [0.1, 0.15) is 21.7 Å². The van der Waals surface area contributed by atoms with Crippen LogP contribution in [0.4, 0.5) is 23.2 Å². The Morgan fingerprint density at radius 2 is 1.74 bits per heavy atom. The number of alkyl halides is 3. The first kappa shape index (κ1) is 22.8. The molecule has 2 aromatic carbocycles. The minimum Gasteiger partial charge on any atom is -0.311 e. The number of halogens is 6. The summed E-state index contributed by atoms with van der Waals surface area (Å²) < 4.78 is 53.0. The molecular formula is C20H13Cl2F4N3O2. The SMILES string of the molecule is Cc1cc(C(F)(F)F)nc(=O)n1-c1cc(C(=O)N(C)c2ccc(F)c(Cl)c2)ccc1Cl. The third-order valence-electron chi connectivity index (χ3n) is 4.43. The summed E-state index contributed by atoms with van der Waals surface area (Å²) in [6, 6.07) is 8.40. The molecule has 31 heavy (non-hydrogen) atoms. The first-order valence-electron chi connectivity index (χ1n) is 8.61. The Bertz CT molecular complexity index is 1240. The van der Waals surface area contributed by atoms with Gasteiger partial charge in [-0.05, 0) is 49.4 Å². The quantitative estimate of drug-likeness (QED) is 0.486. The van der Waals surface area contributed by atoms with Crippen LogP contribution in [0.15, 0.2) is 47.3 Å². The van der Waals surface area contributed by atoms with Gasteiger partial charge in [-0.25, -0.2) is 9.18 Å². The zero-order valence-electron chi connectivity index (χ0n) is 16.0. The van der Waals surface area contributed by atoms with Gasteiger partial charge in [0.2, 0.25) is 0 Å². The lowest BCUT2D eigenvalue weighted by molar-refractivity contribution is -0.141. The Balaban J connectivity index is 2.06. The first-order valence-corrected chi connectivity index (χ1v) is 9.36. The van der Waals surface area contributed by atoms with Crippen LogP contribution in [0.2, 0.25) is 10.0 Å². The fourth-order valence-corrected chi connectivity index (χ4v) is 3.24. The molecule has 1 aromatic heterocycles. The number of hydrogen-bond donors (Lipinski definition) is 0. The highest BCUT2D eigenvalue weighted by molar-refractivity contribution is 6.32. The maximum absolute atomic E-state index is 13.4. The van der Waals surface area contributed by atoms with E-state index in [1.807, 2.05) is 0 Å². The minimum absolute atomic E-state index is 0.0122. The molecular weight excluding hydrogens is 461 g/mol. The number of anilines is 1. The molecule has 162 valence electrons. The van der Waals surface area contributed by atoms with Gasteiger partial charge in [0.25, 0.3) is 5.91 Å². The lowest BCUT2D eigenvalue weighted by atomic mass is 10.1. The van der Waals surface area contributed by atoms with Crippen LogP contribution in [0.5, 0.6) is 0 Å². The normalized spacial score (nSPS) is 11.5. The third-order valence-corrected chi connectivity index (χ3v) is 5.03. The Morgan fingerprint density at radius 1 is 1.06 bits per heavy atom. The molecule has 0 saturated heterocycles. The second kappa shape index (κ2) is 8.32. The fraction of sp³-hybridized carbons (Fsp3) is 0.150. The maximum atomic E-state index is 13.4.